The van der Waals surface area contributed by atoms with Gasteiger partial charge in [0.2, 0.25) is 5.91 Å². The van der Waals surface area contributed by atoms with Gasteiger partial charge in [0.25, 0.3) is 0 Å². The maximum absolute atomic E-state index is 12.5. The molecule has 1 aromatic heterocycles. The normalized spacial score (nSPS) is 15.3. The zero-order valence-electron chi connectivity index (χ0n) is 16.3. The first kappa shape index (κ1) is 19.3. The third-order valence-corrected chi connectivity index (χ3v) is 5.23. The number of carbonyl (C=O) groups is 1. The SMILES string of the molecule is CCC(CC)C(=O)N1CCN(Cc2nnnn2-c2ccc(OC)cc2)CC1. The molecule has 0 N–H and O–H groups in total. The number of piperazine rings is 1. The van der Waals surface area contributed by atoms with Crippen LogP contribution in [-0.4, -0.2) is 69.2 Å². The van der Waals surface area contributed by atoms with Gasteiger partial charge in [-0.2, -0.15) is 4.68 Å². The Morgan fingerprint density at radius 3 is 2.37 bits per heavy atom. The molecule has 0 radical (unpaired) electrons. The van der Waals surface area contributed by atoms with Crippen molar-refractivity contribution in [2.75, 3.05) is 33.3 Å². The van der Waals surface area contributed by atoms with Crippen LogP contribution in [0.25, 0.3) is 5.69 Å². The Bertz CT molecular complexity index is 733. The van der Waals surface area contributed by atoms with E-state index in [1.165, 1.54) is 0 Å². The van der Waals surface area contributed by atoms with Gasteiger partial charge in [0.1, 0.15) is 5.75 Å². The van der Waals surface area contributed by atoms with Gasteiger partial charge in [-0.1, -0.05) is 13.8 Å². The van der Waals surface area contributed by atoms with Crippen LogP contribution in [-0.2, 0) is 11.3 Å². The molecule has 0 saturated carbocycles. The molecule has 1 fully saturated rings. The molecule has 0 aliphatic carbocycles. The number of tetrazole rings is 1. The Balaban J connectivity index is 1.60. The average Bonchev–Trinajstić information content (AvgIpc) is 3.17. The van der Waals surface area contributed by atoms with Gasteiger partial charge in [0.05, 0.1) is 19.3 Å². The highest BCUT2D eigenvalue weighted by Crippen LogP contribution is 2.17. The summed E-state index contributed by atoms with van der Waals surface area (Å²) in [5.41, 5.74) is 0.901. The topological polar surface area (TPSA) is 76.4 Å². The van der Waals surface area contributed by atoms with Gasteiger partial charge in [-0.15, -0.1) is 5.10 Å². The summed E-state index contributed by atoms with van der Waals surface area (Å²) >= 11 is 0. The van der Waals surface area contributed by atoms with E-state index in [2.05, 4.69) is 34.3 Å². The molecule has 27 heavy (non-hydrogen) atoms. The summed E-state index contributed by atoms with van der Waals surface area (Å²) in [5, 5.41) is 12.1. The minimum atomic E-state index is 0.152. The summed E-state index contributed by atoms with van der Waals surface area (Å²) in [4.78, 5) is 16.8. The third-order valence-electron chi connectivity index (χ3n) is 5.23. The lowest BCUT2D eigenvalue weighted by Gasteiger charge is -2.36. The highest BCUT2D eigenvalue weighted by molar-refractivity contribution is 5.78. The largest absolute Gasteiger partial charge is 0.497 e. The average molecular weight is 372 g/mol. The van der Waals surface area contributed by atoms with Gasteiger partial charge in [-0.05, 0) is 47.5 Å². The highest BCUT2D eigenvalue weighted by Gasteiger charge is 2.26. The molecule has 1 aromatic carbocycles. The van der Waals surface area contributed by atoms with E-state index in [1.54, 1.807) is 11.8 Å². The monoisotopic (exact) mass is 372 g/mol. The van der Waals surface area contributed by atoms with Crippen molar-refractivity contribution in [1.29, 1.82) is 0 Å². The van der Waals surface area contributed by atoms with E-state index in [9.17, 15) is 4.79 Å². The fourth-order valence-corrected chi connectivity index (χ4v) is 3.45. The van der Waals surface area contributed by atoms with Crippen LogP contribution in [0.1, 0.15) is 32.5 Å². The van der Waals surface area contributed by atoms with Crippen molar-refractivity contribution in [2.24, 2.45) is 5.92 Å². The van der Waals surface area contributed by atoms with Gasteiger partial charge in [-0.3, -0.25) is 9.69 Å². The van der Waals surface area contributed by atoms with Crippen molar-refractivity contribution in [2.45, 2.75) is 33.2 Å². The molecule has 1 aliphatic heterocycles. The van der Waals surface area contributed by atoms with E-state index < -0.39 is 0 Å². The van der Waals surface area contributed by atoms with Crippen molar-refractivity contribution in [3.05, 3.63) is 30.1 Å². The number of hydrogen-bond donors (Lipinski definition) is 0. The summed E-state index contributed by atoms with van der Waals surface area (Å²) in [5.74, 6) is 2.04. The number of hydrogen-bond acceptors (Lipinski definition) is 6. The maximum Gasteiger partial charge on any atom is 0.225 e. The molecule has 146 valence electrons. The molecule has 8 nitrogen and oxygen atoms in total. The van der Waals surface area contributed by atoms with Gasteiger partial charge in [0, 0.05) is 32.1 Å². The molecule has 1 amide bonds. The van der Waals surface area contributed by atoms with E-state index in [0.717, 1.165) is 56.3 Å². The third kappa shape index (κ3) is 4.44. The summed E-state index contributed by atoms with van der Waals surface area (Å²) in [6, 6.07) is 7.65. The van der Waals surface area contributed by atoms with Crippen LogP contribution in [0.5, 0.6) is 5.75 Å². The summed E-state index contributed by atoms with van der Waals surface area (Å²) in [6.45, 7) is 8.02. The number of rotatable bonds is 7. The Morgan fingerprint density at radius 2 is 1.78 bits per heavy atom. The van der Waals surface area contributed by atoms with E-state index >= 15 is 0 Å². The number of benzene rings is 1. The molecule has 0 unspecified atom stereocenters. The number of methoxy groups -OCH3 is 1. The van der Waals surface area contributed by atoms with Crippen molar-refractivity contribution < 1.29 is 9.53 Å². The smallest absolute Gasteiger partial charge is 0.225 e. The second-order valence-corrected chi connectivity index (χ2v) is 6.82. The first-order chi connectivity index (χ1) is 13.2. The van der Waals surface area contributed by atoms with E-state index in [1.807, 2.05) is 29.2 Å². The predicted molar refractivity (Wildman–Crippen MR) is 102 cm³/mol. The molecule has 0 spiro atoms. The van der Waals surface area contributed by atoms with Crippen LogP contribution >= 0.6 is 0 Å². The van der Waals surface area contributed by atoms with Gasteiger partial charge < -0.3 is 9.64 Å². The molecule has 1 saturated heterocycles. The second-order valence-electron chi connectivity index (χ2n) is 6.82. The minimum absolute atomic E-state index is 0.152. The number of carbonyl (C=O) groups excluding carboxylic acids is 1. The van der Waals surface area contributed by atoms with Crippen molar-refractivity contribution in [3.63, 3.8) is 0 Å². The van der Waals surface area contributed by atoms with Crippen molar-refractivity contribution in [1.82, 2.24) is 30.0 Å². The highest BCUT2D eigenvalue weighted by atomic mass is 16.5. The first-order valence-electron chi connectivity index (χ1n) is 9.59. The fraction of sp³-hybridized carbons (Fsp3) is 0.579. The van der Waals surface area contributed by atoms with E-state index in [0.29, 0.717) is 12.5 Å². The summed E-state index contributed by atoms with van der Waals surface area (Å²) < 4.78 is 6.95. The van der Waals surface area contributed by atoms with Crippen LogP contribution in [0.3, 0.4) is 0 Å². The Hall–Kier alpha value is -2.48. The van der Waals surface area contributed by atoms with Crippen LogP contribution in [0, 0.1) is 5.92 Å². The Kier molecular flexibility index (Phi) is 6.39. The van der Waals surface area contributed by atoms with Gasteiger partial charge >= 0.3 is 0 Å². The van der Waals surface area contributed by atoms with Crippen LogP contribution in [0.15, 0.2) is 24.3 Å². The van der Waals surface area contributed by atoms with Gasteiger partial charge in [-0.25, -0.2) is 0 Å². The lowest BCUT2D eigenvalue weighted by molar-refractivity contribution is -0.137. The van der Waals surface area contributed by atoms with Crippen LogP contribution in [0.4, 0.5) is 0 Å². The van der Waals surface area contributed by atoms with E-state index in [-0.39, 0.29) is 5.92 Å². The van der Waals surface area contributed by atoms with E-state index in [4.69, 9.17) is 4.74 Å². The van der Waals surface area contributed by atoms with Crippen LogP contribution in [0.2, 0.25) is 0 Å². The molecule has 3 rings (SSSR count). The van der Waals surface area contributed by atoms with Crippen molar-refractivity contribution in [3.8, 4) is 11.4 Å². The molecular formula is C19H28N6O2. The predicted octanol–water partition coefficient (Wildman–Crippen LogP) is 1.75. The molecule has 0 atom stereocenters. The number of nitrogens with zero attached hydrogens (tertiary/aromatic N) is 6. The summed E-state index contributed by atoms with van der Waals surface area (Å²) in [6.07, 6.45) is 1.82. The molecular weight excluding hydrogens is 344 g/mol. The molecule has 0 bridgehead atoms. The maximum atomic E-state index is 12.5. The zero-order valence-corrected chi connectivity index (χ0v) is 16.3. The molecule has 8 heteroatoms. The summed E-state index contributed by atoms with van der Waals surface area (Å²) in [7, 11) is 1.64. The van der Waals surface area contributed by atoms with Crippen LogP contribution < -0.4 is 4.74 Å². The Labute approximate surface area is 160 Å². The standard InChI is InChI=1S/C19H28N6O2/c1-4-15(5-2)19(26)24-12-10-23(11-13-24)14-18-20-21-22-25(18)16-6-8-17(27-3)9-7-16/h6-9,15H,4-5,10-14H2,1-3H3. The first-order valence-corrected chi connectivity index (χ1v) is 9.59. The lowest BCUT2D eigenvalue weighted by atomic mass is 10.0. The molecule has 2 heterocycles. The molecule has 2 aromatic rings. The number of ether oxygens (including phenoxy) is 1. The minimum Gasteiger partial charge on any atom is -0.497 e. The number of aromatic nitrogens is 4. The fourth-order valence-electron chi connectivity index (χ4n) is 3.45. The van der Waals surface area contributed by atoms with Crippen molar-refractivity contribution >= 4 is 5.91 Å². The number of amides is 1. The lowest BCUT2D eigenvalue weighted by Crippen LogP contribution is -2.50. The second kappa shape index (κ2) is 8.94. The molecule has 1 aliphatic rings. The Morgan fingerprint density at radius 1 is 1.11 bits per heavy atom. The quantitative estimate of drug-likeness (QED) is 0.737. The zero-order chi connectivity index (χ0) is 19.2. The van der Waals surface area contributed by atoms with Gasteiger partial charge in [0.15, 0.2) is 5.82 Å².